The first-order valence-electron chi connectivity index (χ1n) is 10.3. The van der Waals surface area contributed by atoms with Crippen LogP contribution in [0.3, 0.4) is 0 Å². The second-order valence-corrected chi connectivity index (χ2v) is 8.05. The number of aromatic nitrogens is 1. The van der Waals surface area contributed by atoms with Crippen LogP contribution in [0.25, 0.3) is 10.9 Å². The number of nitrogens with one attached hydrogen (secondary N) is 1. The Kier molecular flexibility index (Phi) is 6.33. The van der Waals surface area contributed by atoms with Gasteiger partial charge in [-0.15, -0.1) is 0 Å². The standard InChI is InChI=1S/C24H23ClN4O3/c1-31-18-4-6-21(22(12-18)32-2)28-24(30)15-7-9-29(10-8-15)23-16(13-26)14-27-20-5-3-17(25)11-19(20)23/h3-6,11-12,14-15H,7-10H2,1-2H3,(H,28,30). The van der Waals surface area contributed by atoms with Crippen molar-refractivity contribution in [3.63, 3.8) is 0 Å². The molecule has 2 heterocycles. The summed E-state index contributed by atoms with van der Waals surface area (Å²) in [7, 11) is 3.14. The number of anilines is 2. The van der Waals surface area contributed by atoms with Crippen LogP contribution in [-0.2, 0) is 4.79 Å². The third kappa shape index (κ3) is 4.27. The number of piperidine rings is 1. The van der Waals surface area contributed by atoms with E-state index in [1.807, 2.05) is 12.1 Å². The van der Waals surface area contributed by atoms with Crippen molar-refractivity contribution in [3.8, 4) is 17.6 Å². The lowest BCUT2D eigenvalue weighted by Crippen LogP contribution is -2.38. The number of carbonyl (C=O) groups is 1. The molecule has 8 heteroatoms. The van der Waals surface area contributed by atoms with Crippen molar-refractivity contribution in [2.24, 2.45) is 5.92 Å². The number of methoxy groups -OCH3 is 2. The lowest BCUT2D eigenvalue weighted by Gasteiger charge is -2.34. The van der Waals surface area contributed by atoms with Crippen molar-refractivity contribution >= 4 is 39.8 Å². The molecule has 1 fully saturated rings. The molecule has 164 valence electrons. The molecular weight excluding hydrogens is 428 g/mol. The smallest absolute Gasteiger partial charge is 0.227 e. The minimum absolute atomic E-state index is 0.0451. The summed E-state index contributed by atoms with van der Waals surface area (Å²) >= 11 is 6.21. The molecule has 7 nitrogen and oxygen atoms in total. The average molecular weight is 451 g/mol. The van der Waals surface area contributed by atoms with Crippen molar-refractivity contribution in [3.05, 3.63) is 53.2 Å². The molecule has 32 heavy (non-hydrogen) atoms. The van der Waals surface area contributed by atoms with Gasteiger partial charge in [0.1, 0.15) is 17.6 Å². The molecule has 2 aromatic carbocycles. The summed E-state index contributed by atoms with van der Waals surface area (Å²) in [5, 5.41) is 14.1. The number of halogens is 1. The molecule has 1 aliphatic heterocycles. The SMILES string of the molecule is COc1ccc(NC(=O)C2CCN(c3c(C#N)cnc4ccc(Cl)cc34)CC2)c(OC)c1. The van der Waals surface area contributed by atoms with Gasteiger partial charge in [-0.3, -0.25) is 9.78 Å². The third-order valence-corrected chi connectivity index (χ3v) is 6.01. The topological polar surface area (TPSA) is 87.5 Å². The Labute approximate surface area is 191 Å². The van der Waals surface area contributed by atoms with E-state index in [9.17, 15) is 10.1 Å². The van der Waals surface area contributed by atoms with Crippen LogP contribution in [0.4, 0.5) is 11.4 Å². The van der Waals surface area contributed by atoms with Gasteiger partial charge in [0, 0.05) is 41.7 Å². The number of nitriles is 1. The van der Waals surface area contributed by atoms with Crippen LogP contribution in [0.5, 0.6) is 11.5 Å². The van der Waals surface area contributed by atoms with E-state index in [-0.39, 0.29) is 11.8 Å². The number of fused-ring (bicyclic) bond motifs is 1. The van der Waals surface area contributed by atoms with E-state index in [0.29, 0.717) is 53.7 Å². The van der Waals surface area contributed by atoms with E-state index in [2.05, 4.69) is 21.3 Å². The zero-order valence-corrected chi connectivity index (χ0v) is 18.6. The number of ether oxygens (including phenoxy) is 2. The van der Waals surface area contributed by atoms with E-state index in [0.717, 1.165) is 16.6 Å². The van der Waals surface area contributed by atoms with Gasteiger partial charge in [-0.2, -0.15) is 5.26 Å². The van der Waals surface area contributed by atoms with Crippen LogP contribution in [0.1, 0.15) is 18.4 Å². The molecule has 0 radical (unpaired) electrons. The average Bonchev–Trinajstić information content (AvgIpc) is 2.83. The highest BCUT2D eigenvalue weighted by atomic mass is 35.5. The summed E-state index contributed by atoms with van der Waals surface area (Å²) in [5.74, 6) is 1.02. The minimum atomic E-state index is -0.139. The third-order valence-electron chi connectivity index (χ3n) is 5.77. The van der Waals surface area contributed by atoms with Crippen LogP contribution in [-0.4, -0.2) is 38.2 Å². The molecule has 4 rings (SSSR count). The number of hydrogen-bond donors (Lipinski definition) is 1. The van der Waals surface area contributed by atoms with Crippen LogP contribution < -0.4 is 19.7 Å². The van der Waals surface area contributed by atoms with Gasteiger partial charge in [0.05, 0.1) is 36.7 Å². The van der Waals surface area contributed by atoms with E-state index in [1.54, 1.807) is 44.7 Å². The Balaban J connectivity index is 1.50. The van der Waals surface area contributed by atoms with Gasteiger partial charge in [-0.25, -0.2) is 0 Å². The fourth-order valence-corrected chi connectivity index (χ4v) is 4.25. The highest BCUT2D eigenvalue weighted by Crippen LogP contribution is 2.35. The Bertz CT molecular complexity index is 1200. The molecule has 0 spiro atoms. The van der Waals surface area contributed by atoms with Gasteiger partial charge >= 0.3 is 0 Å². The summed E-state index contributed by atoms with van der Waals surface area (Å²) < 4.78 is 10.6. The van der Waals surface area contributed by atoms with E-state index in [4.69, 9.17) is 21.1 Å². The first kappa shape index (κ1) is 21.7. The molecule has 1 saturated heterocycles. The second kappa shape index (κ2) is 9.33. The van der Waals surface area contributed by atoms with Gasteiger partial charge in [0.25, 0.3) is 0 Å². The van der Waals surface area contributed by atoms with Gasteiger partial charge in [-0.05, 0) is 43.2 Å². The van der Waals surface area contributed by atoms with Crippen molar-refractivity contribution in [2.45, 2.75) is 12.8 Å². The number of pyridine rings is 1. The van der Waals surface area contributed by atoms with Crippen LogP contribution in [0.2, 0.25) is 5.02 Å². The Hall–Kier alpha value is -3.50. The van der Waals surface area contributed by atoms with Crippen LogP contribution in [0.15, 0.2) is 42.6 Å². The number of nitrogens with zero attached hydrogens (tertiary/aromatic N) is 3. The number of benzene rings is 2. The van der Waals surface area contributed by atoms with Gasteiger partial charge in [-0.1, -0.05) is 11.6 Å². The highest BCUT2D eigenvalue weighted by molar-refractivity contribution is 6.31. The maximum absolute atomic E-state index is 12.9. The normalized spacial score (nSPS) is 14.1. The first-order valence-corrected chi connectivity index (χ1v) is 10.7. The molecule has 3 aromatic rings. The lowest BCUT2D eigenvalue weighted by molar-refractivity contribution is -0.120. The minimum Gasteiger partial charge on any atom is -0.497 e. The molecule has 1 amide bonds. The van der Waals surface area contributed by atoms with Crippen molar-refractivity contribution in [1.29, 1.82) is 5.26 Å². The summed E-state index contributed by atoms with van der Waals surface area (Å²) in [6, 6.07) is 13.0. The summed E-state index contributed by atoms with van der Waals surface area (Å²) in [5.41, 5.74) is 2.73. The maximum Gasteiger partial charge on any atom is 0.227 e. The van der Waals surface area contributed by atoms with E-state index >= 15 is 0 Å². The predicted octanol–water partition coefficient (Wildman–Crippen LogP) is 4.63. The molecule has 1 aromatic heterocycles. The molecule has 1 aliphatic rings. The predicted molar refractivity (Wildman–Crippen MR) is 125 cm³/mol. The molecular formula is C24H23ClN4O3. The number of carbonyl (C=O) groups excluding carboxylic acids is 1. The maximum atomic E-state index is 12.9. The summed E-state index contributed by atoms with van der Waals surface area (Å²) in [4.78, 5) is 19.4. The largest absolute Gasteiger partial charge is 0.497 e. The van der Waals surface area contributed by atoms with Crippen molar-refractivity contribution < 1.29 is 14.3 Å². The van der Waals surface area contributed by atoms with Crippen molar-refractivity contribution in [1.82, 2.24) is 4.98 Å². The molecule has 0 saturated carbocycles. The fraction of sp³-hybridized carbons (Fsp3) is 0.292. The van der Waals surface area contributed by atoms with Crippen LogP contribution in [0, 0.1) is 17.2 Å². The Morgan fingerprint density at radius 3 is 2.66 bits per heavy atom. The molecule has 0 aliphatic carbocycles. The van der Waals surface area contributed by atoms with E-state index < -0.39 is 0 Å². The summed E-state index contributed by atoms with van der Waals surface area (Å²) in [6.45, 7) is 1.30. The van der Waals surface area contributed by atoms with Gasteiger partial charge in [0.2, 0.25) is 5.91 Å². The van der Waals surface area contributed by atoms with Crippen molar-refractivity contribution in [2.75, 3.05) is 37.5 Å². The van der Waals surface area contributed by atoms with Gasteiger partial charge < -0.3 is 19.7 Å². The first-order chi connectivity index (χ1) is 15.5. The fourth-order valence-electron chi connectivity index (χ4n) is 4.08. The lowest BCUT2D eigenvalue weighted by atomic mass is 9.94. The molecule has 0 bridgehead atoms. The zero-order chi connectivity index (χ0) is 22.7. The zero-order valence-electron chi connectivity index (χ0n) is 17.9. The Morgan fingerprint density at radius 2 is 1.97 bits per heavy atom. The summed E-state index contributed by atoms with van der Waals surface area (Å²) in [6.07, 6.45) is 2.93. The molecule has 0 atom stereocenters. The monoisotopic (exact) mass is 450 g/mol. The number of rotatable bonds is 5. The second-order valence-electron chi connectivity index (χ2n) is 7.61. The Morgan fingerprint density at radius 1 is 1.19 bits per heavy atom. The molecule has 0 unspecified atom stereocenters. The van der Waals surface area contributed by atoms with E-state index in [1.165, 1.54) is 0 Å². The van der Waals surface area contributed by atoms with Gasteiger partial charge in [0.15, 0.2) is 0 Å². The number of amides is 1. The van der Waals surface area contributed by atoms with Crippen LogP contribution >= 0.6 is 11.6 Å². The molecule has 1 N–H and O–H groups in total. The highest BCUT2D eigenvalue weighted by Gasteiger charge is 2.28. The number of hydrogen-bond acceptors (Lipinski definition) is 6. The quantitative estimate of drug-likeness (QED) is 0.609.